The lowest BCUT2D eigenvalue weighted by molar-refractivity contribution is -0.140. The Bertz CT molecular complexity index is 662. The summed E-state index contributed by atoms with van der Waals surface area (Å²) in [5, 5.41) is 9.99. The highest BCUT2D eigenvalue weighted by molar-refractivity contribution is 9.10. The summed E-state index contributed by atoms with van der Waals surface area (Å²) in [7, 11) is 2.05. The van der Waals surface area contributed by atoms with Crippen LogP contribution < -0.4 is 4.90 Å². The van der Waals surface area contributed by atoms with Crippen LogP contribution >= 0.6 is 15.9 Å². The molecule has 3 atom stereocenters. The summed E-state index contributed by atoms with van der Waals surface area (Å²) in [5.74, 6) is 0.624. The van der Waals surface area contributed by atoms with E-state index in [1.54, 1.807) is 0 Å². The van der Waals surface area contributed by atoms with Crippen molar-refractivity contribution < 1.29 is 14.6 Å². The largest absolute Gasteiger partial charge is 0.394 e. The molecule has 136 valence electrons. The number of hydrogen-bond donors (Lipinski definition) is 1. The van der Waals surface area contributed by atoms with Crippen LogP contribution in [0, 0.1) is 11.8 Å². The van der Waals surface area contributed by atoms with E-state index in [-0.39, 0.29) is 36.4 Å². The van der Waals surface area contributed by atoms with Crippen molar-refractivity contribution >= 4 is 27.5 Å². The van der Waals surface area contributed by atoms with Crippen molar-refractivity contribution in [3.8, 4) is 0 Å². The highest BCUT2D eigenvalue weighted by Gasteiger charge is 2.48. The second-order valence-electron chi connectivity index (χ2n) is 7.38. The Morgan fingerprint density at radius 1 is 1.32 bits per heavy atom. The van der Waals surface area contributed by atoms with Crippen LogP contribution in [0.15, 0.2) is 22.7 Å². The second kappa shape index (κ2) is 6.89. The van der Waals surface area contributed by atoms with E-state index >= 15 is 0 Å². The number of rotatable bonds is 2. The molecule has 0 saturated carbocycles. The Morgan fingerprint density at radius 3 is 2.80 bits per heavy atom. The van der Waals surface area contributed by atoms with Crippen LogP contribution in [0.1, 0.15) is 30.9 Å². The number of amides is 1. The summed E-state index contributed by atoms with van der Waals surface area (Å²) < 4.78 is 6.46. The van der Waals surface area contributed by atoms with Gasteiger partial charge in [-0.1, -0.05) is 15.9 Å². The third-order valence-electron chi connectivity index (χ3n) is 6.17. The van der Waals surface area contributed by atoms with Gasteiger partial charge in [-0.25, -0.2) is 0 Å². The van der Waals surface area contributed by atoms with Gasteiger partial charge in [-0.2, -0.15) is 0 Å². The van der Waals surface area contributed by atoms with Crippen molar-refractivity contribution in [3.63, 3.8) is 0 Å². The number of hydrogen-bond acceptors (Lipinski definition) is 4. The highest BCUT2D eigenvalue weighted by atomic mass is 79.9. The number of carbonyl (C=O) groups excluding carboxylic acids is 1. The third-order valence-corrected chi connectivity index (χ3v) is 6.66. The van der Waals surface area contributed by atoms with Crippen molar-refractivity contribution in [2.24, 2.45) is 11.8 Å². The van der Waals surface area contributed by atoms with Gasteiger partial charge >= 0.3 is 0 Å². The number of carbonyl (C=O) groups is 1. The zero-order chi connectivity index (χ0) is 17.6. The molecule has 1 aromatic carbocycles. The highest BCUT2D eigenvalue weighted by Crippen LogP contribution is 2.49. The number of aliphatic hydroxyl groups excluding tert-OH is 1. The van der Waals surface area contributed by atoms with Crippen molar-refractivity contribution in [1.82, 2.24) is 4.90 Å². The number of aliphatic hydroxyl groups is 1. The van der Waals surface area contributed by atoms with Crippen LogP contribution in [0.3, 0.4) is 0 Å². The van der Waals surface area contributed by atoms with Crippen LogP contribution in [-0.2, 0) is 9.53 Å². The first-order valence-electron chi connectivity index (χ1n) is 9.13. The maximum absolute atomic E-state index is 13.2. The predicted octanol–water partition coefficient (Wildman–Crippen LogP) is 2.58. The first kappa shape index (κ1) is 17.3. The van der Waals surface area contributed by atoms with Crippen LogP contribution in [0.25, 0.3) is 0 Å². The SMILES string of the molecule is CN1c2ccc(Br)cc2[C@@H]2[C@@H](CCN2C(=O)C2CCOCC2)[C@H]1CO. The number of ether oxygens (including phenoxy) is 1. The van der Waals surface area contributed by atoms with Gasteiger partial charge in [0.2, 0.25) is 5.91 Å². The van der Waals surface area contributed by atoms with Gasteiger partial charge in [0.25, 0.3) is 0 Å². The molecule has 0 aliphatic carbocycles. The maximum Gasteiger partial charge on any atom is 0.226 e. The van der Waals surface area contributed by atoms with Crippen molar-refractivity contribution in [1.29, 1.82) is 0 Å². The molecule has 3 heterocycles. The molecule has 3 aliphatic rings. The quantitative estimate of drug-likeness (QED) is 0.816. The molecule has 0 unspecified atom stereocenters. The minimum Gasteiger partial charge on any atom is -0.394 e. The lowest BCUT2D eigenvalue weighted by Crippen LogP contribution is -2.49. The minimum absolute atomic E-state index is 0.0613. The number of anilines is 1. The number of fused-ring (bicyclic) bond motifs is 3. The van der Waals surface area contributed by atoms with Gasteiger partial charge in [0.15, 0.2) is 0 Å². The lowest BCUT2D eigenvalue weighted by Gasteiger charge is -2.45. The lowest BCUT2D eigenvalue weighted by atomic mass is 9.81. The first-order chi connectivity index (χ1) is 12.1. The molecular formula is C19H25BrN2O3. The van der Waals surface area contributed by atoms with Gasteiger partial charge in [-0.3, -0.25) is 4.79 Å². The third kappa shape index (κ3) is 2.88. The summed E-state index contributed by atoms with van der Waals surface area (Å²) in [5.41, 5.74) is 2.32. The van der Waals surface area contributed by atoms with Gasteiger partial charge in [0, 0.05) is 48.8 Å². The van der Waals surface area contributed by atoms with E-state index in [4.69, 9.17) is 4.74 Å². The summed E-state index contributed by atoms with van der Waals surface area (Å²) in [4.78, 5) is 17.5. The average molecular weight is 409 g/mol. The minimum atomic E-state index is 0.0613. The maximum atomic E-state index is 13.2. The summed E-state index contributed by atoms with van der Waals surface area (Å²) in [6, 6.07) is 6.40. The van der Waals surface area contributed by atoms with Gasteiger partial charge in [0.05, 0.1) is 18.7 Å². The van der Waals surface area contributed by atoms with Gasteiger partial charge in [0.1, 0.15) is 0 Å². The van der Waals surface area contributed by atoms with E-state index in [1.165, 1.54) is 5.56 Å². The predicted molar refractivity (Wildman–Crippen MR) is 99.5 cm³/mol. The summed E-state index contributed by atoms with van der Waals surface area (Å²) >= 11 is 3.59. The standard InChI is InChI=1S/C19H25BrN2O3/c1-21-16-3-2-13(20)10-15(16)18-14(17(21)11-23)4-7-22(18)19(24)12-5-8-25-9-6-12/h2-3,10,12,14,17-18,23H,4-9,11H2,1H3/t14-,17+,18-/m0/s1. The summed E-state index contributed by atoms with van der Waals surface area (Å²) in [6.45, 7) is 2.26. The smallest absolute Gasteiger partial charge is 0.226 e. The summed E-state index contributed by atoms with van der Waals surface area (Å²) in [6.07, 6.45) is 2.59. The van der Waals surface area contributed by atoms with Crippen LogP contribution in [0.4, 0.5) is 5.69 Å². The van der Waals surface area contributed by atoms with Crippen molar-refractivity contribution in [2.75, 3.05) is 38.3 Å². The van der Waals surface area contributed by atoms with E-state index in [0.29, 0.717) is 13.2 Å². The zero-order valence-corrected chi connectivity index (χ0v) is 16.1. The molecule has 25 heavy (non-hydrogen) atoms. The Morgan fingerprint density at radius 2 is 2.08 bits per heavy atom. The van der Waals surface area contributed by atoms with Crippen molar-refractivity contribution in [2.45, 2.75) is 31.3 Å². The molecule has 3 aliphatic heterocycles. The molecule has 0 spiro atoms. The fraction of sp³-hybridized carbons (Fsp3) is 0.632. The molecule has 0 bridgehead atoms. The molecule has 2 saturated heterocycles. The number of benzene rings is 1. The van der Waals surface area contributed by atoms with Gasteiger partial charge < -0.3 is 19.6 Å². The Balaban J connectivity index is 1.71. The Kier molecular flexibility index (Phi) is 4.77. The number of nitrogens with zero attached hydrogens (tertiary/aromatic N) is 2. The van der Waals surface area contributed by atoms with Crippen LogP contribution in [0.2, 0.25) is 0 Å². The van der Waals surface area contributed by atoms with Crippen LogP contribution in [0.5, 0.6) is 0 Å². The molecule has 6 heteroatoms. The molecule has 1 N–H and O–H groups in total. The topological polar surface area (TPSA) is 53.0 Å². The molecular weight excluding hydrogens is 384 g/mol. The Hall–Kier alpha value is -1.11. The molecule has 5 nitrogen and oxygen atoms in total. The Labute approximate surface area is 157 Å². The normalized spacial score (nSPS) is 29.5. The van der Waals surface area contributed by atoms with E-state index in [2.05, 4.69) is 37.9 Å². The van der Waals surface area contributed by atoms with E-state index in [1.807, 2.05) is 13.1 Å². The van der Waals surface area contributed by atoms with E-state index < -0.39 is 0 Å². The first-order valence-corrected chi connectivity index (χ1v) is 9.92. The number of likely N-dealkylation sites (N-methyl/N-ethyl adjacent to an activating group) is 1. The van der Waals surface area contributed by atoms with Crippen molar-refractivity contribution in [3.05, 3.63) is 28.2 Å². The monoisotopic (exact) mass is 408 g/mol. The second-order valence-corrected chi connectivity index (χ2v) is 8.30. The number of likely N-dealkylation sites (tertiary alicyclic amines) is 1. The molecule has 0 radical (unpaired) electrons. The fourth-order valence-corrected chi connectivity index (χ4v) is 5.23. The average Bonchev–Trinajstić information content (AvgIpc) is 3.07. The molecule has 0 aromatic heterocycles. The van der Waals surface area contributed by atoms with Gasteiger partial charge in [-0.15, -0.1) is 0 Å². The number of halogens is 1. The molecule has 2 fully saturated rings. The molecule has 4 rings (SSSR count). The van der Waals surface area contributed by atoms with E-state index in [9.17, 15) is 9.90 Å². The van der Waals surface area contributed by atoms with E-state index in [0.717, 1.165) is 36.0 Å². The van der Waals surface area contributed by atoms with Crippen LogP contribution in [-0.4, -0.2) is 55.4 Å². The van der Waals surface area contributed by atoms with Gasteiger partial charge in [-0.05, 0) is 43.0 Å². The molecule has 1 aromatic rings. The fourth-order valence-electron chi connectivity index (χ4n) is 4.85. The zero-order valence-electron chi connectivity index (χ0n) is 14.5. The molecule has 1 amide bonds.